The number of ether oxygens (including phenoxy) is 1. The smallest absolute Gasteiger partial charge is 0.233 e. The molecule has 2 aromatic rings. The van der Waals surface area contributed by atoms with Gasteiger partial charge >= 0.3 is 0 Å². The highest BCUT2D eigenvalue weighted by Crippen LogP contribution is 2.31. The minimum absolute atomic E-state index is 0.109. The Morgan fingerprint density at radius 2 is 2.09 bits per heavy atom. The Morgan fingerprint density at radius 3 is 2.74 bits per heavy atom. The number of amidine groups is 1. The summed E-state index contributed by atoms with van der Waals surface area (Å²) in [5, 5.41) is 9.42. The van der Waals surface area contributed by atoms with Crippen LogP contribution in [-0.2, 0) is 11.3 Å². The van der Waals surface area contributed by atoms with Gasteiger partial charge in [0, 0.05) is 43.7 Å². The van der Waals surface area contributed by atoms with Gasteiger partial charge in [0.25, 0.3) is 0 Å². The Morgan fingerprint density at radius 1 is 1.35 bits per heavy atom. The van der Waals surface area contributed by atoms with E-state index >= 15 is 0 Å². The van der Waals surface area contributed by atoms with E-state index in [1.165, 1.54) is 18.5 Å². The number of nitriles is 1. The Hall–Kier alpha value is -3.84. The third-order valence-electron chi connectivity index (χ3n) is 5.87. The lowest BCUT2D eigenvalue weighted by Gasteiger charge is -2.38. The van der Waals surface area contributed by atoms with Crippen LogP contribution in [0.4, 0.5) is 10.1 Å². The van der Waals surface area contributed by atoms with E-state index in [4.69, 9.17) is 16.2 Å². The largest absolute Gasteiger partial charge is 0.496 e. The zero-order valence-corrected chi connectivity index (χ0v) is 19.0. The monoisotopic (exact) mass is 465 g/mol. The van der Waals surface area contributed by atoms with Crippen LogP contribution in [0.3, 0.4) is 0 Å². The summed E-state index contributed by atoms with van der Waals surface area (Å²) in [5.74, 6) is -1.81. The van der Waals surface area contributed by atoms with Gasteiger partial charge in [0.2, 0.25) is 11.9 Å². The van der Waals surface area contributed by atoms with Crippen LogP contribution < -0.4 is 16.2 Å². The summed E-state index contributed by atoms with van der Waals surface area (Å²) in [6.45, 7) is 2.17. The molecule has 178 valence electrons. The van der Waals surface area contributed by atoms with Crippen molar-refractivity contribution in [2.24, 2.45) is 27.4 Å². The Bertz CT molecular complexity index is 1100. The number of hydrogen-bond acceptors (Lipinski definition) is 7. The molecule has 3 rings (SSSR count). The van der Waals surface area contributed by atoms with Crippen LogP contribution in [0, 0.1) is 23.2 Å². The predicted molar refractivity (Wildman–Crippen MR) is 127 cm³/mol. The van der Waals surface area contributed by atoms with E-state index < -0.39 is 23.3 Å². The molecule has 1 unspecified atom stereocenters. The number of piperidine rings is 1. The van der Waals surface area contributed by atoms with E-state index in [0.717, 1.165) is 37.0 Å². The fourth-order valence-electron chi connectivity index (χ4n) is 3.91. The van der Waals surface area contributed by atoms with Gasteiger partial charge in [0.05, 0.1) is 30.8 Å². The van der Waals surface area contributed by atoms with Crippen molar-refractivity contribution in [3.8, 4) is 11.8 Å². The molecule has 1 amide bonds. The lowest BCUT2D eigenvalue weighted by Crippen LogP contribution is -2.44. The molecular formula is C24H28FN7O2. The van der Waals surface area contributed by atoms with Crippen molar-refractivity contribution in [1.82, 2.24) is 9.88 Å². The van der Waals surface area contributed by atoms with Gasteiger partial charge in [-0.25, -0.2) is 9.98 Å². The van der Waals surface area contributed by atoms with Gasteiger partial charge < -0.3 is 16.2 Å². The maximum atomic E-state index is 13.3. The van der Waals surface area contributed by atoms with Gasteiger partial charge in [0.1, 0.15) is 17.5 Å². The SMILES string of the molecule is COc1ccccc1CN1CCC(CC#N)(N=CC(C(N)=O)C(N)=Nc2ccnc(F)c2)CC1. The van der Waals surface area contributed by atoms with E-state index in [2.05, 4.69) is 25.9 Å². The number of halogens is 1. The van der Waals surface area contributed by atoms with Crippen LogP contribution >= 0.6 is 0 Å². The number of nitrogens with two attached hydrogens (primary N) is 2. The quantitative estimate of drug-likeness (QED) is 0.331. The highest BCUT2D eigenvalue weighted by Gasteiger charge is 2.34. The number of likely N-dealkylation sites (tertiary alicyclic amines) is 1. The summed E-state index contributed by atoms with van der Waals surface area (Å²) < 4.78 is 18.8. The lowest BCUT2D eigenvalue weighted by atomic mass is 9.85. The van der Waals surface area contributed by atoms with Gasteiger partial charge in [-0.2, -0.15) is 9.65 Å². The summed E-state index contributed by atoms with van der Waals surface area (Å²) in [6.07, 6.45) is 4.07. The molecule has 1 aliphatic rings. The minimum Gasteiger partial charge on any atom is -0.496 e. The molecule has 9 nitrogen and oxygen atoms in total. The fourth-order valence-corrected chi connectivity index (χ4v) is 3.91. The van der Waals surface area contributed by atoms with Crippen molar-refractivity contribution in [3.63, 3.8) is 0 Å². The van der Waals surface area contributed by atoms with Crippen molar-refractivity contribution < 1.29 is 13.9 Å². The number of methoxy groups -OCH3 is 1. The second-order valence-corrected chi connectivity index (χ2v) is 8.18. The second-order valence-electron chi connectivity index (χ2n) is 8.18. The number of aliphatic imine (C=N–C) groups is 2. The van der Waals surface area contributed by atoms with Crippen LogP contribution in [0.2, 0.25) is 0 Å². The van der Waals surface area contributed by atoms with E-state index in [1.807, 2.05) is 24.3 Å². The molecule has 1 atom stereocenters. The first-order valence-corrected chi connectivity index (χ1v) is 10.9. The molecule has 0 bridgehead atoms. The molecular weight excluding hydrogens is 437 g/mol. The van der Waals surface area contributed by atoms with Crippen molar-refractivity contribution in [2.75, 3.05) is 20.2 Å². The van der Waals surface area contributed by atoms with E-state index in [9.17, 15) is 14.4 Å². The normalized spacial score (nSPS) is 17.3. The number of hydrogen-bond donors (Lipinski definition) is 2. The van der Waals surface area contributed by atoms with E-state index in [1.54, 1.807) is 7.11 Å². The number of para-hydroxylation sites is 1. The third kappa shape index (κ3) is 6.36. The van der Waals surface area contributed by atoms with Gasteiger partial charge in [-0.3, -0.25) is 14.7 Å². The predicted octanol–water partition coefficient (Wildman–Crippen LogP) is 2.34. The van der Waals surface area contributed by atoms with Crippen LogP contribution in [-0.4, -0.2) is 53.6 Å². The van der Waals surface area contributed by atoms with Crippen molar-refractivity contribution >= 4 is 23.6 Å². The number of pyridine rings is 1. The van der Waals surface area contributed by atoms with Crippen LogP contribution in [0.25, 0.3) is 0 Å². The molecule has 2 heterocycles. The fraction of sp³-hybridized carbons (Fsp3) is 0.375. The first kappa shape index (κ1) is 24.8. The summed E-state index contributed by atoms with van der Waals surface area (Å²) in [4.78, 5) is 26.5. The first-order valence-electron chi connectivity index (χ1n) is 10.9. The topological polar surface area (TPSA) is 143 Å². The number of carbonyl (C=O) groups is 1. The van der Waals surface area contributed by atoms with E-state index in [0.29, 0.717) is 12.8 Å². The molecule has 0 saturated carbocycles. The second kappa shape index (κ2) is 11.3. The number of amides is 1. The van der Waals surface area contributed by atoms with Crippen molar-refractivity contribution in [2.45, 2.75) is 31.3 Å². The maximum absolute atomic E-state index is 13.3. The molecule has 10 heteroatoms. The Labute approximate surface area is 198 Å². The Balaban J connectivity index is 1.73. The molecule has 1 fully saturated rings. The number of primary amides is 1. The average molecular weight is 466 g/mol. The molecule has 1 saturated heterocycles. The highest BCUT2D eigenvalue weighted by atomic mass is 19.1. The summed E-state index contributed by atoms with van der Waals surface area (Å²) >= 11 is 0. The molecule has 34 heavy (non-hydrogen) atoms. The standard InChI is InChI=1S/C24H28FN7O2/c1-34-20-5-3-2-4-17(20)16-32-12-8-24(7-10-26,9-13-32)30-15-19(23(28)33)22(27)31-18-6-11-29-21(25)14-18/h2-6,11,14-15,19H,7-9,12-13,16H2,1H3,(H2,28,33)(H2,27,29,31). The molecule has 0 spiro atoms. The average Bonchev–Trinajstić information content (AvgIpc) is 2.81. The molecule has 4 N–H and O–H groups in total. The van der Waals surface area contributed by atoms with Gasteiger partial charge in [0.15, 0.2) is 0 Å². The number of rotatable bonds is 9. The molecule has 1 aromatic heterocycles. The van der Waals surface area contributed by atoms with Gasteiger partial charge in [-0.15, -0.1) is 0 Å². The van der Waals surface area contributed by atoms with Gasteiger partial charge in [-0.05, 0) is 25.0 Å². The highest BCUT2D eigenvalue weighted by molar-refractivity contribution is 6.14. The number of benzene rings is 1. The lowest BCUT2D eigenvalue weighted by molar-refractivity contribution is -0.118. The number of nitrogens with zero attached hydrogens (tertiary/aromatic N) is 5. The van der Waals surface area contributed by atoms with Crippen LogP contribution in [0.15, 0.2) is 52.6 Å². The molecule has 0 radical (unpaired) electrons. The van der Waals surface area contributed by atoms with Crippen molar-refractivity contribution in [3.05, 3.63) is 54.1 Å². The molecule has 0 aliphatic carbocycles. The number of carbonyl (C=O) groups excluding carboxylic acids is 1. The van der Waals surface area contributed by atoms with Crippen molar-refractivity contribution in [1.29, 1.82) is 5.26 Å². The third-order valence-corrected chi connectivity index (χ3v) is 5.87. The minimum atomic E-state index is -1.08. The number of aromatic nitrogens is 1. The molecule has 1 aromatic carbocycles. The van der Waals surface area contributed by atoms with Gasteiger partial charge in [-0.1, -0.05) is 18.2 Å². The summed E-state index contributed by atoms with van der Waals surface area (Å²) in [6, 6.07) is 12.6. The van der Waals surface area contributed by atoms with Crippen LogP contribution in [0.1, 0.15) is 24.8 Å². The Kier molecular flexibility index (Phi) is 8.27. The zero-order valence-electron chi connectivity index (χ0n) is 19.0. The summed E-state index contributed by atoms with van der Waals surface area (Å²) in [7, 11) is 1.65. The van der Waals surface area contributed by atoms with E-state index in [-0.39, 0.29) is 17.9 Å². The first-order chi connectivity index (χ1) is 16.4. The molecule has 1 aliphatic heterocycles. The summed E-state index contributed by atoms with van der Waals surface area (Å²) in [5.41, 5.74) is 12.2. The zero-order chi connectivity index (χ0) is 24.6. The maximum Gasteiger partial charge on any atom is 0.233 e. The van der Waals surface area contributed by atoms with Crippen LogP contribution in [0.5, 0.6) is 5.75 Å².